The van der Waals surface area contributed by atoms with E-state index in [1.165, 1.54) is 12.2 Å². The van der Waals surface area contributed by atoms with E-state index in [9.17, 15) is 0 Å². The van der Waals surface area contributed by atoms with Gasteiger partial charge < -0.3 is 4.90 Å². The monoisotopic (exact) mass is 169 g/mol. The fraction of sp³-hybridized carbons (Fsp3) is 0.778. The van der Waals surface area contributed by atoms with Crippen LogP contribution in [0.5, 0.6) is 0 Å². The van der Waals surface area contributed by atoms with E-state index in [-0.39, 0.29) is 0 Å². The van der Waals surface area contributed by atoms with Crippen LogP contribution in [0, 0.1) is 5.92 Å². The minimum absolute atomic E-state index is 0.443. The third kappa shape index (κ3) is 0.919. The van der Waals surface area contributed by atoms with Crippen LogP contribution in [-0.4, -0.2) is 21.6 Å². The van der Waals surface area contributed by atoms with Gasteiger partial charge in [-0.3, -0.25) is 0 Å². The maximum absolute atomic E-state index is 4.06. The number of hydrogen-bond acceptors (Lipinski definition) is 2. The summed E-state index contributed by atoms with van der Waals surface area (Å²) < 4.78 is 0.443. The van der Waals surface area contributed by atoms with Crippen LogP contribution < -0.4 is 0 Å². The molecule has 0 spiro atoms. The molecule has 0 aromatic carbocycles. The van der Waals surface area contributed by atoms with Crippen LogP contribution in [-0.2, 0) is 0 Å². The van der Waals surface area contributed by atoms with Crippen molar-refractivity contribution in [2.45, 2.75) is 30.9 Å². The summed E-state index contributed by atoms with van der Waals surface area (Å²) in [7, 11) is 0. The number of thioether (sulfide) groups is 1. The lowest BCUT2D eigenvalue weighted by Crippen LogP contribution is -2.46. The molecular weight excluding hydrogens is 154 g/mol. The molecule has 1 nitrogen and oxygen atoms in total. The van der Waals surface area contributed by atoms with Gasteiger partial charge in [-0.2, -0.15) is 0 Å². The molecule has 2 heterocycles. The zero-order valence-electron chi connectivity index (χ0n) is 7.42. The third-order valence-corrected chi connectivity index (χ3v) is 4.29. The standard InChI is InChI=1S/C9H15NS/c1-6-7(2)10-5-9(3,4)11-8(6)10/h6,8H,2,5H2,1,3-4H3. The molecule has 0 radical (unpaired) electrons. The van der Waals surface area contributed by atoms with Crippen LogP contribution in [0.2, 0.25) is 0 Å². The molecule has 0 aromatic heterocycles. The normalized spacial score (nSPS) is 40.3. The van der Waals surface area contributed by atoms with Gasteiger partial charge in [0.1, 0.15) is 0 Å². The van der Waals surface area contributed by atoms with Crippen LogP contribution in [0.4, 0.5) is 0 Å². The van der Waals surface area contributed by atoms with Gasteiger partial charge in [-0.25, -0.2) is 0 Å². The largest absolute Gasteiger partial charge is 0.361 e. The van der Waals surface area contributed by atoms with E-state index in [2.05, 4.69) is 44.0 Å². The van der Waals surface area contributed by atoms with Crippen molar-refractivity contribution in [1.82, 2.24) is 4.90 Å². The van der Waals surface area contributed by atoms with Crippen molar-refractivity contribution >= 4 is 11.8 Å². The molecule has 2 aliphatic heterocycles. The second-order valence-corrected chi connectivity index (χ2v) is 6.00. The van der Waals surface area contributed by atoms with E-state index in [0.29, 0.717) is 10.7 Å². The molecule has 0 bridgehead atoms. The van der Waals surface area contributed by atoms with Crippen LogP contribution in [0.1, 0.15) is 20.8 Å². The first-order valence-corrected chi connectivity index (χ1v) is 5.02. The molecule has 0 aliphatic carbocycles. The molecule has 62 valence electrons. The van der Waals surface area contributed by atoms with Crippen molar-refractivity contribution in [2.24, 2.45) is 5.92 Å². The van der Waals surface area contributed by atoms with Gasteiger partial charge in [0.2, 0.25) is 0 Å². The zero-order valence-corrected chi connectivity index (χ0v) is 8.24. The summed E-state index contributed by atoms with van der Waals surface area (Å²) in [5.41, 5.74) is 1.34. The molecule has 2 unspecified atom stereocenters. The zero-order chi connectivity index (χ0) is 8.22. The Bertz CT molecular complexity index is 210. The predicted octanol–water partition coefficient (Wildman–Crippen LogP) is 2.30. The van der Waals surface area contributed by atoms with Crippen molar-refractivity contribution in [3.05, 3.63) is 12.3 Å². The predicted molar refractivity (Wildman–Crippen MR) is 50.5 cm³/mol. The maximum atomic E-state index is 4.06. The van der Waals surface area contributed by atoms with Gasteiger partial charge in [0, 0.05) is 22.9 Å². The van der Waals surface area contributed by atoms with Crippen LogP contribution in [0.3, 0.4) is 0 Å². The number of fused-ring (bicyclic) bond motifs is 1. The molecule has 11 heavy (non-hydrogen) atoms. The number of rotatable bonds is 0. The SMILES string of the molecule is C=C1C(C)C2SC(C)(C)CN12. The maximum Gasteiger partial charge on any atom is 0.0833 e. The van der Waals surface area contributed by atoms with Gasteiger partial charge >= 0.3 is 0 Å². The lowest BCUT2D eigenvalue weighted by Gasteiger charge is -2.44. The molecule has 0 N–H and O–H groups in total. The van der Waals surface area contributed by atoms with Gasteiger partial charge in [-0.15, -0.1) is 11.8 Å². The highest BCUT2D eigenvalue weighted by Crippen LogP contribution is 2.52. The molecule has 0 saturated carbocycles. The molecular formula is C9H15NS. The molecule has 0 aromatic rings. The van der Waals surface area contributed by atoms with E-state index in [1.54, 1.807) is 0 Å². The van der Waals surface area contributed by atoms with Crippen molar-refractivity contribution in [3.8, 4) is 0 Å². The molecule has 2 aliphatic rings. The summed E-state index contributed by atoms with van der Waals surface area (Å²) in [5, 5.41) is 0.734. The highest BCUT2D eigenvalue weighted by Gasteiger charge is 2.49. The van der Waals surface area contributed by atoms with Gasteiger partial charge in [0.15, 0.2) is 0 Å². The Hall–Kier alpha value is -0.110. The van der Waals surface area contributed by atoms with Crippen LogP contribution in [0.15, 0.2) is 12.3 Å². The van der Waals surface area contributed by atoms with Gasteiger partial charge in [-0.05, 0) is 13.8 Å². The fourth-order valence-electron chi connectivity index (χ4n) is 1.91. The van der Waals surface area contributed by atoms with Gasteiger partial charge in [0.05, 0.1) is 5.37 Å². The molecule has 0 amide bonds. The van der Waals surface area contributed by atoms with Gasteiger partial charge in [0.25, 0.3) is 0 Å². The van der Waals surface area contributed by atoms with Crippen LogP contribution >= 0.6 is 11.8 Å². The van der Waals surface area contributed by atoms with E-state index in [4.69, 9.17) is 0 Å². The number of hydrogen-bond donors (Lipinski definition) is 0. The minimum Gasteiger partial charge on any atom is -0.361 e. The molecule has 2 atom stereocenters. The summed E-state index contributed by atoms with van der Waals surface area (Å²) in [6, 6.07) is 0. The molecule has 2 rings (SSSR count). The number of nitrogens with zero attached hydrogens (tertiary/aromatic N) is 1. The van der Waals surface area contributed by atoms with Gasteiger partial charge in [-0.1, -0.05) is 13.5 Å². The van der Waals surface area contributed by atoms with Crippen LogP contribution in [0.25, 0.3) is 0 Å². The average molecular weight is 169 g/mol. The Morgan fingerprint density at radius 1 is 1.64 bits per heavy atom. The summed E-state index contributed by atoms with van der Waals surface area (Å²) in [6.45, 7) is 12.2. The first-order chi connectivity index (χ1) is 5.01. The smallest absolute Gasteiger partial charge is 0.0833 e. The van der Waals surface area contributed by atoms with E-state index >= 15 is 0 Å². The van der Waals surface area contributed by atoms with Crippen molar-refractivity contribution in [3.63, 3.8) is 0 Å². The molecule has 2 heteroatoms. The van der Waals surface area contributed by atoms with E-state index in [0.717, 1.165) is 5.37 Å². The van der Waals surface area contributed by atoms with Crippen molar-refractivity contribution in [1.29, 1.82) is 0 Å². The topological polar surface area (TPSA) is 3.24 Å². The van der Waals surface area contributed by atoms with Crippen molar-refractivity contribution < 1.29 is 0 Å². The Balaban J connectivity index is 2.15. The summed E-state index contributed by atoms with van der Waals surface area (Å²) in [5.74, 6) is 0.710. The summed E-state index contributed by atoms with van der Waals surface area (Å²) >= 11 is 2.09. The van der Waals surface area contributed by atoms with E-state index < -0.39 is 0 Å². The Kier molecular flexibility index (Phi) is 1.35. The first kappa shape index (κ1) is 7.53. The summed E-state index contributed by atoms with van der Waals surface area (Å²) in [4.78, 5) is 2.44. The average Bonchev–Trinajstić information content (AvgIpc) is 2.23. The van der Waals surface area contributed by atoms with Crippen molar-refractivity contribution in [2.75, 3.05) is 6.54 Å². The lowest BCUT2D eigenvalue weighted by molar-refractivity contribution is 0.174. The highest BCUT2D eigenvalue weighted by atomic mass is 32.2. The Morgan fingerprint density at radius 2 is 2.27 bits per heavy atom. The Morgan fingerprint density at radius 3 is 2.82 bits per heavy atom. The first-order valence-electron chi connectivity index (χ1n) is 4.14. The molecule has 2 saturated heterocycles. The van der Waals surface area contributed by atoms with E-state index in [1.807, 2.05) is 0 Å². The third-order valence-electron chi connectivity index (χ3n) is 2.62. The highest BCUT2D eigenvalue weighted by molar-refractivity contribution is 8.01. The second kappa shape index (κ2) is 1.98. The minimum atomic E-state index is 0.443. The molecule has 2 fully saturated rings. The Labute approximate surface area is 72.8 Å². The fourth-order valence-corrected chi connectivity index (χ4v) is 3.47. The summed E-state index contributed by atoms with van der Waals surface area (Å²) in [6.07, 6.45) is 0. The lowest BCUT2D eigenvalue weighted by atomic mass is 9.96. The second-order valence-electron chi connectivity index (χ2n) is 4.18. The quantitative estimate of drug-likeness (QED) is 0.547.